The lowest BCUT2D eigenvalue weighted by Gasteiger charge is -2.28. The van der Waals surface area contributed by atoms with Crippen molar-refractivity contribution in [2.24, 2.45) is 17.8 Å². The minimum Gasteiger partial charge on any atom is -0.481 e. The Balaban J connectivity index is 1.97. The number of carboxylic acids is 1. The minimum absolute atomic E-state index is 0.138. The van der Waals surface area contributed by atoms with Crippen LogP contribution in [0.25, 0.3) is 0 Å². The number of aliphatic carboxylic acids is 1. The zero-order chi connectivity index (χ0) is 11.1. The van der Waals surface area contributed by atoms with Crippen molar-refractivity contribution in [1.82, 2.24) is 0 Å². The predicted octanol–water partition coefficient (Wildman–Crippen LogP) is 2.90. The standard InChI is InChI=1S/C14H16O2/c15-14(16)13-11-7-6-10(8-11)12(13)9-4-2-1-3-5-9/h1-5,10-13H,6-8H2,(H,15,16)/t10-,11-,12?,13?/m0/s1. The molecular weight excluding hydrogens is 200 g/mol. The highest BCUT2D eigenvalue weighted by Gasteiger charge is 2.51. The Morgan fingerprint density at radius 1 is 1.12 bits per heavy atom. The van der Waals surface area contributed by atoms with Gasteiger partial charge in [0.05, 0.1) is 5.92 Å². The number of carbonyl (C=O) groups is 1. The zero-order valence-corrected chi connectivity index (χ0v) is 9.17. The molecule has 2 fully saturated rings. The minimum atomic E-state index is -0.596. The number of fused-ring (bicyclic) bond motifs is 2. The molecule has 2 aliphatic carbocycles. The maximum atomic E-state index is 11.4. The number of carboxylic acid groups (broad SMARTS) is 1. The second-order valence-electron chi connectivity index (χ2n) is 5.13. The van der Waals surface area contributed by atoms with Crippen LogP contribution in [0.3, 0.4) is 0 Å². The summed E-state index contributed by atoms with van der Waals surface area (Å²) in [5, 5.41) is 9.37. The van der Waals surface area contributed by atoms with Gasteiger partial charge in [0.2, 0.25) is 0 Å². The van der Waals surface area contributed by atoms with Crippen LogP contribution in [0, 0.1) is 17.8 Å². The first kappa shape index (κ1) is 9.88. The van der Waals surface area contributed by atoms with Crippen molar-refractivity contribution in [2.45, 2.75) is 25.2 Å². The quantitative estimate of drug-likeness (QED) is 0.825. The molecule has 2 aliphatic rings. The average Bonchev–Trinajstić information content (AvgIpc) is 2.89. The summed E-state index contributed by atoms with van der Waals surface area (Å²) in [6.07, 6.45) is 3.45. The van der Waals surface area contributed by atoms with Crippen LogP contribution in [0.15, 0.2) is 30.3 Å². The molecule has 0 heterocycles. The Hall–Kier alpha value is -1.31. The smallest absolute Gasteiger partial charge is 0.307 e. The number of hydrogen-bond donors (Lipinski definition) is 1. The lowest BCUT2D eigenvalue weighted by Crippen LogP contribution is -2.27. The fraction of sp³-hybridized carbons (Fsp3) is 0.500. The van der Waals surface area contributed by atoms with Crippen molar-refractivity contribution in [3.05, 3.63) is 35.9 Å². The summed E-state index contributed by atoms with van der Waals surface area (Å²) in [6, 6.07) is 10.2. The van der Waals surface area contributed by atoms with Crippen LogP contribution in [0.1, 0.15) is 30.7 Å². The fourth-order valence-corrected chi connectivity index (χ4v) is 3.80. The number of hydrogen-bond acceptors (Lipinski definition) is 1. The van der Waals surface area contributed by atoms with Crippen molar-refractivity contribution in [2.75, 3.05) is 0 Å². The molecule has 2 saturated carbocycles. The van der Waals surface area contributed by atoms with Crippen LogP contribution < -0.4 is 0 Å². The zero-order valence-electron chi connectivity index (χ0n) is 9.17. The second-order valence-corrected chi connectivity index (χ2v) is 5.13. The van der Waals surface area contributed by atoms with Crippen molar-refractivity contribution in [1.29, 1.82) is 0 Å². The summed E-state index contributed by atoms with van der Waals surface area (Å²) >= 11 is 0. The Morgan fingerprint density at radius 3 is 2.50 bits per heavy atom. The first-order valence-corrected chi connectivity index (χ1v) is 6.05. The molecule has 1 aromatic carbocycles. The molecule has 0 spiro atoms. The summed E-state index contributed by atoms with van der Waals surface area (Å²) in [4.78, 5) is 11.4. The van der Waals surface area contributed by atoms with E-state index in [0.717, 1.165) is 12.8 Å². The summed E-state index contributed by atoms with van der Waals surface area (Å²) in [6.45, 7) is 0. The van der Waals surface area contributed by atoms with Gasteiger partial charge in [-0.2, -0.15) is 0 Å². The van der Waals surface area contributed by atoms with Gasteiger partial charge in [0.25, 0.3) is 0 Å². The van der Waals surface area contributed by atoms with Crippen molar-refractivity contribution in [3.8, 4) is 0 Å². The SMILES string of the molecule is O=C(O)C1C(c2ccccc2)[C@H]2CC[C@H]1C2. The fourth-order valence-electron chi connectivity index (χ4n) is 3.80. The van der Waals surface area contributed by atoms with E-state index in [-0.39, 0.29) is 11.8 Å². The molecule has 0 aliphatic heterocycles. The predicted molar refractivity (Wildman–Crippen MR) is 61.1 cm³/mol. The molecule has 1 N–H and O–H groups in total. The normalized spacial score (nSPS) is 36.5. The van der Waals surface area contributed by atoms with E-state index in [4.69, 9.17) is 0 Å². The molecule has 0 radical (unpaired) electrons. The van der Waals surface area contributed by atoms with E-state index in [9.17, 15) is 9.90 Å². The molecule has 2 nitrogen and oxygen atoms in total. The van der Waals surface area contributed by atoms with E-state index in [1.54, 1.807) is 0 Å². The van der Waals surface area contributed by atoms with Crippen LogP contribution in [0.5, 0.6) is 0 Å². The molecule has 2 unspecified atom stereocenters. The third-order valence-electron chi connectivity index (χ3n) is 4.39. The molecule has 2 heteroatoms. The van der Waals surface area contributed by atoms with Crippen LogP contribution in [-0.4, -0.2) is 11.1 Å². The van der Waals surface area contributed by atoms with E-state index in [2.05, 4.69) is 12.1 Å². The van der Waals surface area contributed by atoms with Crippen molar-refractivity contribution in [3.63, 3.8) is 0 Å². The van der Waals surface area contributed by atoms with Gasteiger partial charge in [-0.05, 0) is 36.7 Å². The van der Waals surface area contributed by atoms with Gasteiger partial charge in [-0.25, -0.2) is 0 Å². The lowest BCUT2D eigenvalue weighted by atomic mass is 9.75. The van der Waals surface area contributed by atoms with Crippen molar-refractivity contribution < 1.29 is 9.90 Å². The van der Waals surface area contributed by atoms with E-state index in [1.807, 2.05) is 18.2 Å². The highest BCUT2D eigenvalue weighted by atomic mass is 16.4. The molecule has 0 amide bonds. The van der Waals surface area contributed by atoms with Crippen LogP contribution in [0.2, 0.25) is 0 Å². The van der Waals surface area contributed by atoms with Gasteiger partial charge in [-0.1, -0.05) is 30.3 Å². The summed E-state index contributed by atoms with van der Waals surface area (Å²) in [5.41, 5.74) is 1.22. The third kappa shape index (κ3) is 1.36. The maximum Gasteiger partial charge on any atom is 0.307 e. The summed E-state index contributed by atoms with van der Waals surface area (Å²) in [7, 11) is 0. The highest BCUT2D eigenvalue weighted by molar-refractivity contribution is 5.72. The van der Waals surface area contributed by atoms with E-state index >= 15 is 0 Å². The first-order valence-electron chi connectivity index (χ1n) is 6.05. The topological polar surface area (TPSA) is 37.3 Å². The third-order valence-corrected chi connectivity index (χ3v) is 4.39. The van der Waals surface area contributed by atoms with Gasteiger partial charge in [0.15, 0.2) is 0 Å². The number of benzene rings is 1. The van der Waals surface area contributed by atoms with Crippen LogP contribution in [0.4, 0.5) is 0 Å². The van der Waals surface area contributed by atoms with Gasteiger partial charge in [0, 0.05) is 5.92 Å². The van der Waals surface area contributed by atoms with Gasteiger partial charge in [0.1, 0.15) is 0 Å². The van der Waals surface area contributed by atoms with Gasteiger partial charge >= 0.3 is 5.97 Å². The molecular formula is C14H16O2. The van der Waals surface area contributed by atoms with Gasteiger partial charge < -0.3 is 5.11 Å². The first-order chi connectivity index (χ1) is 7.77. The maximum absolute atomic E-state index is 11.4. The molecule has 84 valence electrons. The second kappa shape index (κ2) is 3.62. The molecule has 4 atom stereocenters. The van der Waals surface area contributed by atoms with E-state index in [1.165, 1.54) is 12.0 Å². The largest absolute Gasteiger partial charge is 0.481 e. The highest BCUT2D eigenvalue weighted by Crippen LogP contribution is 2.56. The van der Waals surface area contributed by atoms with Gasteiger partial charge in [-0.15, -0.1) is 0 Å². The monoisotopic (exact) mass is 216 g/mol. The van der Waals surface area contributed by atoms with Gasteiger partial charge in [-0.3, -0.25) is 4.79 Å². The molecule has 0 saturated heterocycles. The van der Waals surface area contributed by atoms with Crippen LogP contribution >= 0.6 is 0 Å². The Morgan fingerprint density at radius 2 is 1.81 bits per heavy atom. The van der Waals surface area contributed by atoms with Crippen molar-refractivity contribution >= 4 is 5.97 Å². The van der Waals surface area contributed by atoms with E-state index in [0.29, 0.717) is 11.8 Å². The molecule has 2 bridgehead atoms. The van der Waals surface area contributed by atoms with E-state index < -0.39 is 5.97 Å². The Labute approximate surface area is 95.3 Å². The summed E-state index contributed by atoms with van der Waals surface area (Å²) < 4.78 is 0. The lowest BCUT2D eigenvalue weighted by molar-refractivity contribution is -0.144. The number of rotatable bonds is 2. The molecule has 3 rings (SSSR count). The molecule has 0 aromatic heterocycles. The Kier molecular flexibility index (Phi) is 2.23. The molecule has 16 heavy (non-hydrogen) atoms. The molecule has 1 aromatic rings. The summed E-state index contributed by atoms with van der Waals surface area (Å²) in [5.74, 6) is 0.556. The van der Waals surface area contributed by atoms with Crippen LogP contribution in [-0.2, 0) is 4.79 Å². The average molecular weight is 216 g/mol. The Bertz CT molecular complexity index is 398.